The molecular formula is C24H30N6OS. The van der Waals surface area contributed by atoms with Crippen LogP contribution in [0.5, 0.6) is 5.75 Å². The summed E-state index contributed by atoms with van der Waals surface area (Å²) in [6.45, 7) is 11.5. The number of ether oxygens (including phenoxy) is 1. The standard InChI is InChI=1S/C24H30N6OS/c1-4-29(5-2)11-12-31-22-10-8-7-9-17(22)15-25-23-18-13-20-21(14-19(18)26-16-27-23)30(6-3)24(32)28-20/h7-10,13-14,16H,4-6,11-12,15H2,1-3H3,(H,28,32)(H,25,26,27). The van der Waals surface area contributed by atoms with Crippen molar-refractivity contribution in [1.29, 1.82) is 0 Å². The second-order valence-corrected chi connectivity index (χ2v) is 8.01. The predicted octanol–water partition coefficient (Wildman–Crippen LogP) is 4.99. The minimum absolute atomic E-state index is 0.609. The highest BCUT2D eigenvalue weighted by Gasteiger charge is 2.11. The Morgan fingerprint density at radius 1 is 1.12 bits per heavy atom. The molecule has 0 bridgehead atoms. The fourth-order valence-electron chi connectivity index (χ4n) is 3.96. The number of fused-ring (bicyclic) bond motifs is 2. The number of aromatic nitrogens is 4. The Kier molecular flexibility index (Phi) is 7.02. The summed E-state index contributed by atoms with van der Waals surface area (Å²) < 4.78 is 8.89. The molecule has 0 saturated carbocycles. The molecule has 0 unspecified atom stereocenters. The second-order valence-electron chi connectivity index (χ2n) is 7.62. The zero-order valence-electron chi connectivity index (χ0n) is 18.9. The smallest absolute Gasteiger partial charge is 0.178 e. The fraction of sp³-hybridized carbons (Fsp3) is 0.375. The van der Waals surface area contributed by atoms with E-state index in [-0.39, 0.29) is 0 Å². The van der Waals surface area contributed by atoms with Gasteiger partial charge in [-0.3, -0.25) is 0 Å². The molecule has 7 nitrogen and oxygen atoms in total. The number of aryl methyl sites for hydroxylation is 1. The van der Waals surface area contributed by atoms with Crippen molar-refractivity contribution in [3.05, 3.63) is 53.1 Å². The van der Waals surface area contributed by atoms with Crippen molar-refractivity contribution < 1.29 is 4.74 Å². The first-order valence-corrected chi connectivity index (χ1v) is 11.6. The third kappa shape index (κ3) is 4.61. The van der Waals surface area contributed by atoms with Gasteiger partial charge in [-0.15, -0.1) is 0 Å². The van der Waals surface area contributed by atoms with Crippen LogP contribution in [0.3, 0.4) is 0 Å². The van der Waals surface area contributed by atoms with E-state index in [1.165, 1.54) is 0 Å². The van der Waals surface area contributed by atoms with Crippen LogP contribution in [0.1, 0.15) is 26.3 Å². The van der Waals surface area contributed by atoms with Crippen molar-refractivity contribution in [2.75, 3.05) is 31.6 Å². The molecular weight excluding hydrogens is 420 g/mol. The quantitative estimate of drug-likeness (QED) is 0.332. The molecule has 0 saturated heterocycles. The van der Waals surface area contributed by atoms with Crippen LogP contribution in [0.2, 0.25) is 0 Å². The van der Waals surface area contributed by atoms with Gasteiger partial charge in [0, 0.05) is 30.6 Å². The number of nitrogens with one attached hydrogen (secondary N) is 2. The lowest BCUT2D eigenvalue weighted by Crippen LogP contribution is -2.28. The van der Waals surface area contributed by atoms with Gasteiger partial charge in [0.05, 0.1) is 16.6 Å². The molecule has 0 aliphatic carbocycles. The highest BCUT2D eigenvalue weighted by molar-refractivity contribution is 7.71. The van der Waals surface area contributed by atoms with Crippen molar-refractivity contribution in [2.24, 2.45) is 0 Å². The highest BCUT2D eigenvalue weighted by atomic mass is 32.1. The normalized spacial score (nSPS) is 11.5. The first-order chi connectivity index (χ1) is 15.6. The number of hydrogen-bond acceptors (Lipinski definition) is 6. The maximum absolute atomic E-state index is 6.10. The average Bonchev–Trinajstić information content (AvgIpc) is 3.13. The largest absolute Gasteiger partial charge is 0.492 e. The monoisotopic (exact) mass is 450 g/mol. The lowest BCUT2D eigenvalue weighted by atomic mass is 10.1. The Bertz CT molecular complexity index is 1260. The van der Waals surface area contributed by atoms with E-state index in [2.05, 4.69) is 68.7 Å². The lowest BCUT2D eigenvalue weighted by molar-refractivity contribution is 0.222. The number of aromatic amines is 1. The summed E-state index contributed by atoms with van der Waals surface area (Å²) >= 11 is 5.46. The first kappa shape index (κ1) is 22.2. The Labute approximate surface area is 193 Å². The van der Waals surface area contributed by atoms with Crippen molar-refractivity contribution in [1.82, 2.24) is 24.4 Å². The van der Waals surface area contributed by atoms with Crippen molar-refractivity contribution >= 4 is 40.0 Å². The van der Waals surface area contributed by atoms with Gasteiger partial charge in [0.15, 0.2) is 4.77 Å². The average molecular weight is 451 g/mol. The topological polar surface area (TPSA) is 71.0 Å². The number of nitrogens with zero attached hydrogens (tertiary/aromatic N) is 4. The molecule has 2 aromatic heterocycles. The Balaban J connectivity index is 1.55. The van der Waals surface area contributed by atoms with Gasteiger partial charge in [0.1, 0.15) is 24.5 Å². The molecule has 168 valence electrons. The number of benzene rings is 2. The molecule has 2 N–H and O–H groups in total. The van der Waals surface area contributed by atoms with Crippen LogP contribution in [0.4, 0.5) is 5.82 Å². The molecule has 4 rings (SSSR count). The molecule has 0 spiro atoms. The van der Waals surface area contributed by atoms with Crippen LogP contribution < -0.4 is 10.1 Å². The minimum Gasteiger partial charge on any atom is -0.492 e. The van der Waals surface area contributed by atoms with E-state index in [0.717, 1.165) is 70.0 Å². The molecule has 2 heterocycles. The van der Waals surface area contributed by atoms with Crippen LogP contribution in [0.25, 0.3) is 21.9 Å². The summed E-state index contributed by atoms with van der Waals surface area (Å²) in [4.78, 5) is 14.6. The van der Waals surface area contributed by atoms with Gasteiger partial charge in [-0.2, -0.15) is 0 Å². The number of likely N-dealkylation sites (N-methyl/N-ethyl adjacent to an activating group) is 1. The molecule has 8 heteroatoms. The van der Waals surface area contributed by atoms with Crippen molar-refractivity contribution in [2.45, 2.75) is 33.9 Å². The summed E-state index contributed by atoms with van der Waals surface area (Å²) in [5.74, 6) is 1.69. The van der Waals surface area contributed by atoms with Gasteiger partial charge in [-0.25, -0.2) is 9.97 Å². The number of anilines is 1. The van der Waals surface area contributed by atoms with E-state index < -0.39 is 0 Å². The Morgan fingerprint density at radius 3 is 2.72 bits per heavy atom. The fourth-order valence-corrected chi connectivity index (χ4v) is 4.29. The SMILES string of the molecule is CCN(CC)CCOc1ccccc1CNc1ncnc2cc3c(cc12)[nH]c(=S)n3CC. The van der Waals surface area contributed by atoms with Crippen molar-refractivity contribution in [3.63, 3.8) is 0 Å². The van der Waals surface area contributed by atoms with Gasteiger partial charge < -0.3 is 24.5 Å². The third-order valence-electron chi connectivity index (χ3n) is 5.82. The third-order valence-corrected chi connectivity index (χ3v) is 6.15. The molecule has 4 aromatic rings. The minimum atomic E-state index is 0.609. The van der Waals surface area contributed by atoms with E-state index >= 15 is 0 Å². The lowest BCUT2D eigenvalue weighted by Gasteiger charge is -2.19. The maximum atomic E-state index is 6.10. The van der Waals surface area contributed by atoms with E-state index in [0.29, 0.717) is 13.2 Å². The van der Waals surface area contributed by atoms with E-state index in [4.69, 9.17) is 17.0 Å². The molecule has 0 aliphatic heterocycles. The first-order valence-electron chi connectivity index (χ1n) is 11.2. The van der Waals surface area contributed by atoms with Crippen LogP contribution in [-0.4, -0.2) is 50.7 Å². The number of para-hydroxylation sites is 1. The van der Waals surface area contributed by atoms with Gasteiger partial charge >= 0.3 is 0 Å². The van der Waals surface area contributed by atoms with Gasteiger partial charge in [-0.05, 0) is 50.4 Å². The molecule has 0 radical (unpaired) electrons. The van der Waals surface area contributed by atoms with E-state index in [1.807, 2.05) is 18.2 Å². The van der Waals surface area contributed by atoms with E-state index in [9.17, 15) is 0 Å². The number of H-pyrrole nitrogens is 1. The van der Waals surface area contributed by atoms with Crippen LogP contribution >= 0.6 is 12.2 Å². The summed E-state index contributed by atoms with van der Waals surface area (Å²) in [6, 6.07) is 12.3. The van der Waals surface area contributed by atoms with Gasteiger partial charge in [-0.1, -0.05) is 32.0 Å². The Hall–Kier alpha value is -2.97. The zero-order valence-corrected chi connectivity index (χ0v) is 19.7. The van der Waals surface area contributed by atoms with Crippen LogP contribution in [-0.2, 0) is 13.1 Å². The molecule has 2 aromatic carbocycles. The number of rotatable bonds is 10. The molecule has 0 amide bonds. The number of imidazole rings is 1. The molecule has 0 fully saturated rings. The molecule has 0 aliphatic rings. The number of hydrogen-bond donors (Lipinski definition) is 2. The summed E-state index contributed by atoms with van der Waals surface area (Å²) in [5.41, 5.74) is 4.02. The summed E-state index contributed by atoms with van der Waals surface area (Å²) in [7, 11) is 0. The predicted molar refractivity (Wildman–Crippen MR) is 133 cm³/mol. The summed E-state index contributed by atoms with van der Waals surface area (Å²) in [6.07, 6.45) is 1.60. The second kappa shape index (κ2) is 10.1. The zero-order chi connectivity index (χ0) is 22.5. The molecule has 0 atom stereocenters. The maximum Gasteiger partial charge on any atom is 0.178 e. The Morgan fingerprint density at radius 2 is 1.94 bits per heavy atom. The van der Waals surface area contributed by atoms with Crippen LogP contribution in [0.15, 0.2) is 42.7 Å². The summed E-state index contributed by atoms with van der Waals surface area (Å²) in [5, 5.41) is 4.44. The highest BCUT2D eigenvalue weighted by Crippen LogP contribution is 2.27. The van der Waals surface area contributed by atoms with Crippen molar-refractivity contribution in [3.8, 4) is 5.75 Å². The molecule has 32 heavy (non-hydrogen) atoms. The van der Waals surface area contributed by atoms with Gasteiger partial charge in [0.25, 0.3) is 0 Å². The van der Waals surface area contributed by atoms with Crippen LogP contribution in [0, 0.1) is 4.77 Å². The van der Waals surface area contributed by atoms with E-state index in [1.54, 1.807) is 6.33 Å². The van der Waals surface area contributed by atoms with Gasteiger partial charge in [0.2, 0.25) is 0 Å².